The van der Waals surface area contributed by atoms with Gasteiger partial charge < -0.3 is 14.2 Å². The Kier molecular flexibility index (Phi) is 7.31. The number of carbonyl (C=O) groups excluding carboxylic acids is 2. The maximum absolute atomic E-state index is 12.4. The van der Waals surface area contributed by atoms with E-state index in [9.17, 15) is 9.59 Å². The molecule has 3 rings (SSSR count). The highest BCUT2D eigenvalue weighted by atomic mass is 16.6. The van der Waals surface area contributed by atoms with Crippen LogP contribution in [0.5, 0.6) is 17.2 Å². The van der Waals surface area contributed by atoms with Crippen molar-refractivity contribution in [3.63, 3.8) is 0 Å². The molecule has 8 heteroatoms. The zero-order valence-corrected chi connectivity index (χ0v) is 17.1. The predicted molar refractivity (Wildman–Crippen MR) is 115 cm³/mol. The van der Waals surface area contributed by atoms with Crippen LogP contribution in [0.4, 0.5) is 0 Å². The van der Waals surface area contributed by atoms with Crippen molar-refractivity contribution < 1.29 is 23.8 Å². The molecule has 1 aromatic heterocycles. The van der Waals surface area contributed by atoms with E-state index >= 15 is 0 Å². The minimum Gasteiger partial charge on any atom is -0.494 e. The number of amides is 1. The van der Waals surface area contributed by atoms with Crippen molar-refractivity contribution >= 4 is 18.1 Å². The van der Waals surface area contributed by atoms with Crippen LogP contribution >= 0.6 is 0 Å². The van der Waals surface area contributed by atoms with Crippen LogP contribution in [0.15, 0.2) is 72.1 Å². The van der Waals surface area contributed by atoms with Gasteiger partial charge in [-0.3, -0.25) is 9.78 Å². The lowest BCUT2D eigenvalue weighted by Gasteiger charge is -2.10. The smallest absolute Gasteiger partial charge is 0.343 e. The third kappa shape index (κ3) is 5.89. The Morgan fingerprint density at radius 3 is 2.55 bits per heavy atom. The minimum atomic E-state index is -0.522. The summed E-state index contributed by atoms with van der Waals surface area (Å²) >= 11 is 0. The Balaban J connectivity index is 1.65. The molecular weight excluding hydrogens is 398 g/mol. The second-order valence-corrected chi connectivity index (χ2v) is 6.20. The number of hydrazone groups is 1. The van der Waals surface area contributed by atoms with Crippen molar-refractivity contribution in [1.29, 1.82) is 0 Å². The van der Waals surface area contributed by atoms with Gasteiger partial charge in [0.25, 0.3) is 5.91 Å². The summed E-state index contributed by atoms with van der Waals surface area (Å²) in [6.45, 7) is 2.43. The number of aromatic nitrogens is 1. The molecule has 1 heterocycles. The molecule has 1 amide bonds. The van der Waals surface area contributed by atoms with Crippen LogP contribution in [-0.4, -0.2) is 36.8 Å². The number of nitrogens with zero attached hydrogens (tertiary/aromatic N) is 2. The van der Waals surface area contributed by atoms with Crippen molar-refractivity contribution in [2.24, 2.45) is 5.10 Å². The van der Waals surface area contributed by atoms with Gasteiger partial charge in [-0.15, -0.1) is 0 Å². The standard InChI is InChI=1S/C23H21N3O5/c1-3-30-19-9-7-17(8-10-19)23(28)31-20-11-6-16(13-21(20)29-2)14-25-26-22(27)18-5-4-12-24-15-18/h4-15H,3H2,1-2H3,(H,26,27)/b25-14+. The third-order valence-electron chi connectivity index (χ3n) is 4.09. The number of esters is 1. The Morgan fingerprint density at radius 2 is 1.87 bits per heavy atom. The fourth-order valence-electron chi connectivity index (χ4n) is 2.59. The zero-order chi connectivity index (χ0) is 22.1. The van der Waals surface area contributed by atoms with E-state index in [0.29, 0.717) is 34.8 Å². The second-order valence-electron chi connectivity index (χ2n) is 6.20. The van der Waals surface area contributed by atoms with E-state index in [1.807, 2.05) is 6.92 Å². The SMILES string of the molecule is CCOc1ccc(C(=O)Oc2ccc(/C=N/NC(=O)c3cccnc3)cc2OC)cc1. The van der Waals surface area contributed by atoms with Crippen LogP contribution < -0.4 is 19.6 Å². The fraction of sp³-hybridized carbons (Fsp3) is 0.130. The summed E-state index contributed by atoms with van der Waals surface area (Å²) in [5, 5.41) is 3.93. The average Bonchev–Trinajstić information content (AvgIpc) is 2.81. The van der Waals surface area contributed by atoms with Gasteiger partial charge in [0.1, 0.15) is 5.75 Å². The van der Waals surface area contributed by atoms with E-state index in [1.54, 1.807) is 60.8 Å². The molecule has 0 fully saturated rings. The molecule has 0 atom stereocenters. The first-order valence-corrected chi connectivity index (χ1v) is 9.47. The van der Waals surface area contributed by atoms with Crippen LogP contribution in [-0.2, 0) is 0 Å². The number of ether oxygens (including phenoxy) is 3. The van der Waals surface area contributed by atoms with Crippen LogP contribution in [0.3, 0.4) is 0 Å². The topological polar surface area (TPSA) is 99.1 Å². The fourth-order valence-corrected chi connectivity index (χ4v) is 2.59. The van der Waals surface area contributed by atoms with Gasteiger partial charge in [-0.2, -0.15) is 5.10 Å². The molecule has 0 radical (unpaired) electrons. The lowest BCUT2D eigenvalue weighted by Crippen LogP contribution is -2.17. The second kappa shape index (κ2) is 10.5. The number of methoxy groups -OCH3 is 1. The molecule has 8 nitrogen and oxygen atoms in total. The molecule has 0 aliphatic heterocycles. The summed E-state index contributed by atoms with van der Waals surface area (Å²) in [5.74, 6) is 0.388. The molecule has 0 spiro atoms. The predicted octanol–water partition coefficient (Wildman–Crippen LogP) is 3.47. The van der Waals surface area contributed by atoms with E-state index in [4.69, 9.17) is 14.2 Å². The van der Waals surface area contributed by atoms with Gasteiger partial charge in [0.15, 0.2) is 11.5 Å². The number of pyridine rings is 1. The normalized spacial score (nSPS) is 10.5. The van der Waals surface area contributed by atoms with Gasteiger partial charge in [0.05, 0.1) is 31.1 Å². The summed E-state index contributed by atoms with van der Waals surface area (Å²) < 4.78 is 16.1. The molecule has 1 N–H and O–H groups in total. The van der Waals surface area contributed by atoms with Crippen molar-refractivity contribution in [1.82, 2.24) is 10.4 Å². The van der Waals surface area contributed by atoms with E-state index in [-0.39, 0.29) is 11.7 Å². The Labute approximate surface area is 179 Å². The summed E-state index contributed by atoms with van der Waals surface area (Å²) in [6.07, 6.45) is 4.48. The molecule has 0 unspecified atom stereocenters. The van der Waals surface area contributed by atoms with Crippen molar-refractivity contribution in [2.75, 3.05) is 13.7 Å². The van der Waals surface area contributed by atoms with E-state index in [1.165, 1.54) is 19.5 Å². The molecule has 0 aliphatic rings. The number of nitrogens with one attached hydrogen (secondary N) is 1. The van der Waals surface area contributed by atoms with Crippen molar-refractivity contribution in [3.8, 4) is 17.2 Å². The molecule has 0 saturated carbocycles. The van der Waals surface area contributed by atoms with Gasteiger partial charge in [0, 0.05) is 12.4 Å². The molecule has 31 heavy (non-hydrogen) atoms. The summed E-state index contributed by atoms with van der Waals surface area (Å²) in [5.41, 5.74) is 3.84. The highest BCUT2D eigenvalue weighted by molar-refractivity contribution is 5.94. The van der Waals surface area contributed by atoms with Gasteiger partial charge in [-0.25, -0.2) is 10.2 Å². The zero-order valence-electron chi connectivity index (χ0n) is 17.1. The lowest BCUT2D eigenvalue weighted by atomic mass is 10.2. The highest BCUT2D eigenvalue weighted by Crippen LogP contribution is 2.28. The minimum absolute atomic E-state index is 0.262. The van der Waals surface area contributed by atoms with Crippen molar-refractivity contribution in [2.45, 2.75) is 6.92 Å². The van der Waals surface area contributed by atoms with Gasteiger partial charge in [-0.05, 0) is 67.1 Å². The van der Waals surface area contributed by atoms with Crippen LogP contribution in [0.2, 0.25) is 0 Å². The number of hydrogen-bond acceptors (Lipinski definition) is 7. The number of rotatable bonds is 8. The maximum atomic E-state index is 12.4. The van der Waals surface area contributed by atoms with Gasteiger partial charge in [-0.1, -0.05) is 0 Å². The van der Waals surface area contributed by atoms with Crippen LogP contribution in [0.1, 0.15) is 33.2 Å². The van der Waals surface area contributed by atoms with E-state index in [0.717, 1.165) is 0 Å². The first kappa shape index (κ1) is 21.5. The Bertz CT molecular complexity index is 1070. The molecule has 2 aromatic carbocycles. The summed E-state index contributed by atoms with van der Waals surface area (Å²) in [7, 11) is 1.47. The summed E-state index contributed by atoms with van der Waals surface area (Å²) in [4.78, 5) is 28.3. The quantitative estimate of drug-likeness (QED) is 0.260. The number of hydrogen-bond donors (Lipinski definition) is 1. The third-order valence-corrected chi connectivity index (χ3v) is 4.09. The van der Waals surface area contributed by atoms with Crippen LogP contribution in [0.25, 0.3) is 0 Å². The number of benzene rings is 2. The maximum Gasteiger partial charge on any atom is 0.343 e. The van der Waals surface area contributed by atoms with E-state index in [2.05, 4.69) is 15.5 Å². The molecule has 0 saturated heterocycles. The summed E-state index contributed by atoms with van der Waals surface area (Å²) in [6, 6.07) is 14.9. The Hall–Kier alpha value is -4.20. The monoisotopic (exact) mass is 419 g/mol. The molecule has 3 aromatic rings. The van der Waals surface area contributed by atoms with Gasteiger partial charge in [0.2, 0.25) is 0 Å². The van der Waals surface area contributed by atoms with Gasteiger partial charge >= 0.3 is 5.97 Å². The van der Waals surface area contributed by atoms with Crippen LogP contribution in [0, 0.1) is 0 Å². The molecule has 158 valence electrons. The lowest BCUT2D eigenvalue weighted by molar-refractivity contribution is 0.0729. The number of carbonyl (C=O) groups is 2. The molecule has 0 bridgehead atoms. The van der Waals surface area contributed by atoms with E-state index < -0.39 is 5.97 Å². The Morgan fingerprint density at radius 1 is 1.06 bits per heavy atom. The first-order valence-electron chi connectivity index (χ1n) is 9.47. The average molecular weight is 419 g/mol. The molecular formula is C23H21N3O5. The highest BCUT2D eigenvalue weighted by Gasteiger charge is 2.13. The largest absolute Gasteiger partial charge is 0.494 e. The molecule has 0 aliphatic carbocycles. The first-order chi connectivity index (χ1) is 15.1. The van der Waals surface area contributed by atoms with Crippen molar-refractivity contribution in [3.05, 3.63) is 83.7 Å².